The molecule has 1 saturated carbocycles. The molecule has 2 aromatic heterocycles. The molecule has 0 spiro atoms. The second-order valence-electron chi connectivity index (χ2n) is 13.6. The summed E-state index contributed by atoms with van der Waals surface area (Å²) in [7, 11) is 0. The van der Waals surface area contributed by atoms with Gasteiger partial charge in [0, 0.05) is 31.1 Å². The fourth-order valence-corrected chi connectivity index (χ4v) is 6.36. The number of hydrogen-bond donors (Lipinski definition) is 3. The van der Waals surface area contributed by atoms with Crippen molar-refractivity contribution in [2.45, 2.75) is 109 Å². The van der Waals surface area contributed by atoms with Gasteiger partial charge >= 0.3 is 0 Å². The van der Waals surface area contributed by atoms with Crippen LogP contribution in [0.3, 0.4) is 0 Å². The Morgan fingerprint density at radius 3 is 2.37 bits per heavy atom. The summed E-state index contributed by atoms with van der Waals surface area (Å²) >= 11 is 0. The van der Waals surface area contributed by atoms with Gasteiger partial charge in [-0.25, -0.2) is 15.0 Å². The second kappa shape index (κ2) is 17.0. The van der Waals surface area contributed by atoms with Crippen LogP contribution in [0.15, 0.2) is 37.2 Å². The minimum absolute atomic E-state index is 0.0150. The van der Waals surface area contributed by atoms with Crippen molar-refractivity contribution >= 4 is 35.7 Å². The zero-order chi connectivity index (χ0) is 35.6. The Morgan fingerprint density at radius 2 is 1.76 bits per heavy atom. The summed E-state index contributed by atoms with van der Waals surface area (Å²) in [4.78, 5) is 96.5. The number of Topliss-reactive ketones (excluding diaryl/α,β-unsaturated/α-hetero) is 1. The predicted octanol–water partition coefficient (Wildman–Crippen LogP) is 1.58. The maximum atomic E-state index is 14.5. The Balaban J connectivity index is 1.61. The van der Waals surface area contributed by atoms with Crippen LogP contribution in [-0.2, 0) is 24.0 Å². The first kappa shape index (κ1) is 37.0. The Kier molecular flexibility index (Phi) is 12.9. The van der Waals surface area contributed by atoms with Crippen molar-refractivity contribution in [2.75, 3.05) is 6.54 Å². The van der Waals surface area contributed by atoms with E-state index in [4.69, 9.17) is 4.74 Å². The predicted molar refractivity (Wildman–Crippen MR) is 176 cm³/mol. The van der Waals surface area contributed by atoms with Crippen molar-refractivity contribution in [1.82, 2.24) is 40.8 Å². The third-order valence-corrected chi connectivity index (χ3v) is 8.93. The molecule has 4 amide bonds. The van der Waals surface area contributed by atoms with E-state index in [1.54, 1.807) is 26.8 Å². The molecule has 1 aliphatic heterocycles. The molecule has 0 radical (unpaired) electrons. The van der Waals surface area contributed by atoms with Crippen LogP contribution in [0.25, 0.3) is 0 Å². The molecule has 4 rings (SSSR count). The van der Waals surface area contributed by atoms with Gasteiger partial charge in [-0.1, -0.05) is 53.4 Å². The maximum absolute atomic E-state index is 14.5. The number of nitrogens with one attached hydrogen (secondary N) is 3. The summed E-state index contributed by atoms with van der Waals surface area (Å²) in [6.45, 7) is 7.19. The van der Waals surface area contributed by atoms with Gasteiger partial charge in [0.25, 0.3) is 5.91 Å². The van der Waals surface area contributed by atoms with Gasteiger partial charge in [0.05, 0.1) is 18.8 Å². The molecule has 3 heterocycles. The molecule has 49 heavy (non-hydrogen) atoms. The molecule has 15 nitrogen and oxygen atoms in total. The SMILES string of the molecule is CCC[C@H](NC(=O)[C@@H]1C[C@@H](Oc2ccncn2)CN1C(=O)[C@@H](NC(=O)[C@@H](NC(=O)c1cnccn1)C1CCCCC1)C(C)(C)C)C(=O)C=O. The van der Waals surface area contributed by atoms with Gasteiger partial charge in [0.1, 0.15) is 36.3 Å². The van der Waals surface area contributed by atoms with E-state index in [0.29, 0.717) is 6.42 Å². The third kappa shape index (κ3) is 9.86. The number of aldehydes is 1. The lowest BCUT2D eigenvalue weighted by molar-refractivity contribution is -0.145. The Bertz CT molecular complexity index is 1460. The van der Waals surface area contributed by atoms with Crippen LogP contribution < -0.4 is 20.7 Å². The van der Waals surface area contributed by atoms with E-state index in [1.165, 1.54) is 36.0 Å². The van der Waals surface area contributed by atoms with Crippen LogP contribution in [0.2, 0.25) is 0 Å². The largest absolute Gasteiger partial charge is 0.472 e. The molecule has 0 aromatic carbocycles. The van der Waals surface area contributed by atoms with Gasteiger partial charge < -0.3 is 25.6 Å². The number of likely N-dealkylation sites (tertiary alicyclic amines) is 1. The topological polar surface area (TPSA) is 203 Å². The maximum Gasteiger partial charge on any atom is 0.272 e. The van der Waals surface area contributed by atoms with Gasteiger partial charge in [-0.2, -0.15) is 0 Å². The van der Waals surface area contributed by atoms with Gasteiger partial charge in [-0.05, 0) is 30.6 Å². The molecule has 0 unspecified atom stereocenters. The minimum Gasteiger partial charge on any atom is -0.472 e. The van der Waals surface area contributed by atoms with E-state index in [-0.39, 0.29) is 43.2 Å². The van der Waals surface area contributed by atoms with Crippen molar-refractivity contribution in [1.29, 1.82) is 0 Å². The first-order chi connectivity index (χ1) is 23.4. The van der Waals surface area contributed by atoms with E-state index >= 15 is 0 Å². The van der Waals surface area contributed by atoms with Gasteiger partial charge in [-0.3, -0.25) is 33.8 Å². The third-order valence-electron chi connectivity index (χ3n) is 8.93. The number of rotatable bonds is 14. The zero-order valence-corrected chi connectivity index (χ0v) is 28.5. The molecular weight excluding hydrogens is 632 g/mol. The number of aromatic nitrogens is 4. The minimum atomic E-state index is -1.12. The summed E-state index contributed by atoms with van der Waals surface area (Å²) < 4.78 is 6.01. The molecule has 1 aliphatic carbocycles. The second-order valence-corrected chi connectivity index (χ2v) is 13.6. The molecule has 15 heteroatoms. The van der Waals surface area contributed by atoms with Crippen LogP contribution in [-0.4, -0.2) is 97.4 Å². The van der Waals surface area contributed by atoms with Crippen molar-refractivity contribution in [3.63, 3.8) is 0 Å². The highest BCUT2D eigenvalue weighted by Gasteiger charge is 2.47. The smallest absolute Gasteiger partial charge is 0.272 e. The molecule has 3 N–H and O–H groups in total. The Hall–Kier alpha value is -4.82. The number of hydrogen-bond acceptors (Lipinski definition) is 11. The number of ether oxygens (including phenoxy) is 1. The Morgan fingerprint density at radius 1 is 1.00 bits per heavy atom. The first-order valence-electron chi connectivity index (χ1n) is 16.8. The summed E-state index contributed by atoms with van der Waals surface area (Å²) in [5.41, 5.74) is -0.765. The van der Waals surface area contributed by atoms with E-state index in [0.717, 1.165) is 32.1 Å². The van der Waals surface area contributed by atoms with Crippen molar-refractivity contribution < 1.29 is 33.5 Å². The molecule has 5 atom stereocenters. The molecular formula is C34H46N8O7. The standard InChI is InChI=1S/C34H46N8O7/c1-5-9-23(26(44)19-43)39-31(46)25-16-22(49-27-12-13-36-20-38-27)18-42(25)33(48)29(34(2,3)4)41-32(47)28(21-10-7-6-8-11-21)40-30(45)24-17-35-14-15-37-24/h12-15,17,19-23,25,28-29H,5-11,16,18H2,1-4H3,(H,39,46)(H,40,45)(H,41,47)/t22-,23+,25+,28+,29-/m1/s1. The summed E-state index contributed by atoms with van der Waals surface area (Å²) in [6.07, 6.45) is 11.6. The van der Waals surface area contributed by atoms with Crippen molar-refractivity contribution in [2.24, 2.45) is 11.3 Å². The lowest BCUT2D eigenvalue weighted by atomic mass is 9.82. The van der Waals surface area contributed by atoms with Crippen molar-refractivity contribution in [3.05, 3.63) is 42.9 Å². The van der Waals surface area contributed by atoms with Crippen LogP contribution in [0.5, 0.6) is 5.88 Å². The molecule has 264 valence electrons. The molecule has 2 aliphatic rings. The molecule has 0 bridgehead atoms. The van der Waals surface area contributed by atoms with Crippen LogP contribution in [0.1, 0.15) is 89.5 Å². The number of carbonyl (C=O) groups excluding carboxylic acids is 6. The number of amides is 4. The monoisotopic (exact) mass is 678 g/mol. The normalized spacial score (nSPS) is 20.0. The van der Waals surface area contributed by atoms with Crippen LogP contribution in [0, 0.1) is 11.3 Å². The Labute approximate surface area is 285 Å². The van der Waals surface area contributed by atoms with E-state index < -0.39 is 65.1 Å². The average molecular weight is 679 g/mol. The zero-order valence-electron chi connectivity index (χ0n) is 28.5. The van der Waals surface area contributed by atoms with E-state index in [2.05, 4.69) is 35.9 Å². The highest BCUT2D eigenvalue weighted by molar-refractivity contribution is 6.28. The van der Waals surface area contributed by atoms with Gasteiger partial charge in [0.15, 0.2) is 6.29 Å². The van der Waals surface area contributed by atoms with Crippen molar-refractivity contribution in [3.8, 4) is 5.88 Å². The van der Waals surface area contributed by atoms with E-state index in [9.17, 15) is 28.8 Å². The highest BCUT2D eigenvalue weighted by Crippen LogP contribution is 2.30. The molecule has 2 aromatic rings. The van der Waals surface area contributed by atoms with Gasteiger partial charge in [-0.15, -0.1) is 0 Å². The highest BCUT2D eigenvalue weighted by atomic mass is 16.5. The van der Waals surface area contributed by atoms with Crippen LogP contribution in [0.4, 0.5) is 0 Å². The van der Waals surface area contributed by atoms with Gasteiger partial charge in [0.2, 0.25) is 29.4 Å². The molecule has 2 fully saturated rings. The lowest BCUT2D eigenvalue weighted by Gasteiger charge is -2.37. The quantitative estimate of drug-likeness (QED) is 0.193. The average Bonchev–Trinajstić information content (AvgIpc) is 3.53. The fourth-order valence-electron chi connectivity index (χ4n) is 6.36. The number of ketones is 1. The number of carbonyl (C=O) groups is 6. The van der Waals surface area contributed by atoms with Crippen LogP contribution >= 0.6 is 0 Å². The molecule has 1 saturated heterocycles. The summed E-state index contributed by atoms with van der Waals surface area (Å²) in [5.74, 6) is -2.90. The summed E-state index contributed by atoms with van der Waals surface area (Å²) in [5, 5.41) is 8.43. The fraction of sp³-hybridized carbons (Fsp3) is 0.588. The first-order valence-corrected chi connectivity index (χ1v) is 16.8. The van der Waals surface area contributed by atoms with E-state index in [1.807, 2.05) is 6.92 Å². The lowest BCUT2D eigenvalue weighted by Crippen LogP contribution is -2.61. The summed E-state index contributed by atoms with van der Waals surface area (Å²) in [6, 6.07) is -2.62. The number of nitrogens with zero attached hydrogens (tertiary/aromatic N) is 5.